The van der Waals surface area contributed by atoms with Crippen molar-refractivity contribution in [1.82, 2.24) is 24.4 Å². The van der Waals surface area contributed by atoms with Gasteiger partial charge in [-0.2, -0.15) is 0 Å². The molecule has 4 aliphatic rings. The van der Waals surface area contributed by atoms with Gasteiger partial charge in [-0.3, -0.25) is 0 Å². The molecule has 5 rings (SSSR count). The molecule has 10 nitrogen and oxygen atoms in total. The zero-order valence-electron chi connectivity index (χ0n) is 19.5. The van der Waals surface area contributed by atoms with Gasteiger partial charge in [-0.25, -0.2) is 19.7 Å². The van der Waals surface area contributed by atoms with Gasteiger partial charge in [-0.1, -0.05) is 13.8 Å². The molecule has 1 aromatic rings. The second-order valence-corrected chi connectivity index (χ2v) is 11.1. The first kappa shape index (κ1) is 24.0. The summed E-state index contributed by atoms with van der Waals surface area (Å²) in [6.45, 7) is 5.67. The Morgan fingerprint density at radius 3 is 2.83 bits per heavy atom. The maximum absolute atomic E-state index is 11.6. The Hall–Kier alpha value is -2.73. The molecule has 2 atom stereocenters. The van der Waals surface area contributed by atoms with Crippen molar-refractivity contribution in [3.8, 4) is 23.0 Å². The number of ether oxygens (including phenoxy) is 2. The number of carbonyl (C=O) groups is 1. The van der Waals surface area contributed by atoms with Crippen LogP contribution < -0.4 is 15.2 Å². The summed E-state index contributed by atoms with van der Waals surface area (Å²) in [4.78, 5) is 27.9. The third-order valence-electron chi connectivity index (χ3n) is 6.65. The van der Waals surface area contributed by atoms with E-state index in [1.807, 2.05) is 16.7 Å². The fraction of sp³-hybridized carbons (Fsp3) is 0.478. The lowest BCUT2D eigenvalue weighted by Crippen LogP contribution is -2.48. The van der Waals surface area contributed by atoms with Crippen molar-refractivity contribution in [2.45, 2.75) is 55.7 Å². The van der Waals surface area contributed by atoms with E-state index >= 15 is 0 Å². The predicted octanol–water partition coefficient (Wildman–Crippen LogP) is 4.81. The van der Waals surface area contributed by atoms with Gasteiger partial charge in [-0.15, -0.1) is 0 Å². The first-order valence-electron chi connectivity index (χ1n) is 11.5. The molecule has 1 saturated heterocycles. The van der Waals surface area contributed by atoms with Gasteiger partial charge in [0, 0.05) is 28.5 Å². The molecule has 0 spiro atoms. The zero-order valence-corrected chi connectivity index (χ0v) is 21.9. The van der Waals surface area contributed by atoms with E-state index in [9.17, 15) is 9.90 Å². The minimum Gasteiger partial charge on any atom is -0.465 e. The highest BCUT2D eigenvalue weighted by Gasteiger charge is 2.33. The van der Waals surface area contributed by atoms with E-state index < -0.39 is 6.09 Å². The molecule has 1 aromatic carbocycles. The molecule has 4 aliphatic heterocycles. The molecule has 4 heterocycles. The summed E-state index contributed by atoms with van der Waals surface area (Å²) in [6, 6.07) is 3.83. The summed E-state index contributed by atoms with van der Waals surface area (Å²) in [5, 5.41) is 10.1. The molecular weight excluding hydrogens is 536 g/mol. The van der Waals surface area contributed by atoms with Crippen molar-refractivity contribution in [3.05, 3.63) is 22.9 Å². The van der Waals surface area contributed by atoms with Crippen LogP contribution in [-0.2, 0) is 6.54 Å². The van der Waals surface area contributed by atoms with Gasteiger partial charge in [0.2, 0.25) is 6.79 Å². The normalized spacial score (nSPS) is 19.6. The average Bonchev–Trinajstić information content (AvgIpc) is 3.46. The molecular formula is C23H27BrN6O4S. The number of halogens is 1. The Bertz CT molecular complexity index is 1220. The molecule has 0 unspecified atom stereocenters. The van der Waals surface area contributed by atoms with Gasteiger partial charge < -0.3 is 29.8 Å². The average molecular weight is 563 g/mol. The summed E-state index contributed by atoms with van der Waals surface area (Å²) in [5.41, 5.74) is 6.70. The Morgan fingerprint density at radius 1 is 1.31 bits per heavy atom. The number of imidazole rings is 1. The molecule has 12 heteroatoms. The maximum Gasteiger partial charge on any atom is 0.407 e. The van der Waals surface area contributed by atoms with Crippen molar-refractivity contribution < 1.29 is 19.4 Å². The lowest BCUT2D eigenvalue weighted by atomic mass is 9.84. The Labute approximate surface area is 215 Å². The van der Waals surface area contributed by atoms with Crippen molar-refractivity contribution in [3.63, 3.8) is 0 Å². The number of likely N-dealkylation sites (tertiary alicyclic amines) is 1. The summed E-state index contributed by atoms with van der Waals surface area (Å²) in [7, 11) is 0. The summed E-state index contributed by atoms with van der Waals surface area (Å²) < 4.78 is 13.8. The SMILES string of the molecule is CC(C)[C@@H]1C[C@H](CCn2cnc(N)c3nc(Sc4cc5c(cc4Br)OCO5)nc2-3)CCN1C(=O)O. The minimum atomic E-state index is -0.827. The van der Waals surface area contributed by atoms with E-state index in [1.54, 1.807) is 11.2 Å². The van der Waals surface area contributed by atoms with E-state index in [1.165, 1.54) is 11.8 Å². The summed E-state index contributed by atoms with van der Waals surface area (Å²) >= 11 is 5.00. The molecule has 35 heavy (non-hydrogen) atoms. The molecule has 1 amide bonds. The first-order valence-corrected chi connectivity index (χ1v) is 13.2. The number of nitrogen functional groups attached to an aromatic ring is 1. The van der Waals surface area contributed by atoms with E-state index in [0.717, 1.165) is 28.6 Å². The highest BCUT2D eigenvalue weighted by Crippen LogP contribution is 2.43. The van der Waals surface area contributed by atoms with Gasteiger partial charge in [-0.05, 0) is 70.9 Å². The molecule has 0 aromatic heterocycles. The number of hydrogen-bond donors (Lipinski definition) is 2. The van der Waals surface area contributed by atoms with Gasteiger partial charge in [0.1, 0.15) is 0 Å². The molecule has 186 valence electrons. The van der Waals surface area contributed by atoms with Gasteiger partial charge >= 0.3 is 6.09 Å². The maximum atomic E-state index is 11.6. The van der Waals surface area contributed by atoms with Crippen molar-refractivity contribution in [2.75, 3.05) is 19.1 Å². The van der Waals surface area contributed by atoms with Crippen molar-refractivity contribution in [2.24, 2.45) is 11.8 Å². The summed E-state index contributed by atoms with van der Waals surface area (Å²) in [5.74, 6) is 3.14. The number of fused-ring (bicyclic) bond motifs is 2. The standard InChI is InChI=1S/C23H27BrN6O4S/c1-12(2)15-7-13(4-6-30(15)23(31)32)3-5-29-10-26-20(25)19-21(29)28-22(27-19)35-18-9-17-16(8-14(18)24)33-11-34-17/h8-10,12-13,15H,3-7,11,25H2,1-2H3,(H,31,32)/t13-,15+/m1/s1. The van der Waals surface area contributed by atoms with E-state index in [4.69, 9.17) is 20.2 Å². The smallest absolute Gasteiger partial charge is 0.407 e. The second kappa shape index (κ2) is 9.73. The zero-order chi connectivity index (χ0) is 24.7. The van der Waals surface area contributed by atoms with Crippen LogP contribution in [0.4, 0.5) is 10.6 Å². The number of piperidine rings is 1. The Balaban J connectivity index is 1.32. The lowest BCUT2D eigenvalue weighted by molar-refractivity contribution is 0.0682. The number of rotatable bonds is 6. The molecule has 0 radical (unpaired) electrons. The minimum absolute atomic E-state index is 0.0441. The molecule has 0 bridgehead atoms. The number of nitrogens with zero attached hydrogens (tertiary/aromatic N) is 5. The van der Waals surface area contributed by atoms with Crippen LogP contribution in [0, 0.1) is 11.8 Å². The molecule has 1 fully saturated rings. The number of carboxylic acid groups (broad SMARTS) is 1. The quantitative estimate of drug-likeness (QED) is 0.434. The van der Waals surface area contributed by atoms with Crippen molar-refractivity contribution >= 4 is 39.6 Å². The van der Waals surface area contributed by atoms with E-state index in [0.29, 0.717) is 53.0 Å². The fourth-order valence-corrected chi connectivity index (χ4v) is 6.10. The molecule has 0 saturated carbocycles. The lowest BCUT2D eigenvalue weighted by Gasteiger charge is -2.40. The van der Waals surface area contributed by atoms with Crippen LogP contribution in [0.25, 0.3) is 11.5 Å². The number of hydrogen-bond acceptors (Lipinski definition) is 8. The van der Waals surface area contributed by atoms with E-state index in [-0.39, 0.29) is 18.8 Å². The number of amides is 1. The number of benzene rings is 1. The number of anilines is 1. The van der Waals surface area contributed by atoms with Crippen molar-refractivity contribution in [1.29, 1.82) is 0 Å². The number of nitrogens with two attached hydrogens (primary N) is 1. The number of aryl methyl sites for hydroxylation is 1. The third-order valence-corrected chi connectivity index (χ3v) is 8.49. The Morgan fingerprint density at radius 2 is 2.09 bits per heavy atom. The largest absolute Gasteiger partial charge is 0.465 e. The monoisotopic (exact) mass is 562 g/mol. The van der Waals surface area contributed by atoms with Gasteiger partial charge in [0.25, 0.3) is 0 Å². The second-order valence-electron chi connectivity index (χ2n) is 9.21. The third kappa shape index (κ3) is 4.86. The first-order chi connectivity index (χ1) is 16.8. The van der Waals surface area contributed by atoms with Crippen LogP contribution >= 0.6 is 27.7 Å². The molecule has 3 N–H and O–H groups in total. The Kier molecular flexibility index (Phi) is 6.67. The van der Waals surface area contributed by atoms with Crippen LogP contribution in [0.1, 0.15) is 33.1 Å². The van der Waals surface area contributed by atoms with Crippen LogP contribution in [0.2, 0.25) is 0 Å². The molecule has 0 aliphatic carbocycles. The van der Waals surface area contributed by atoms with Crippen LogP contribution in [0.5, 0.6) is 11.5 Å². The predicted molar refractivity (Wildman–Crippen MR) is 134 cm³/mol. The summed E-state index contributed by atoms with van der Waals surface area (Å²) in [6.07, 6.45) is 3.51. The van der Waals surface area contributed by atoms with Gasteiger partial charge in [0.05, 0.1) is 6.33 Å². The van der Waals surface area contributed by atoms with Gasteiger partial charge in [0.15, 0.2) is 34.0 Å². The van der Waals surface area contributed by atoms with E-state index in [2.05, 4.69) is 39.7 Å². The number of aromatic nitrogens is 4. The topological polar surface area (TPSA) is 129 Å². The highest BCUT2D eigenvalue weighted by atomic mass is 79.9. The highest BCUT2D eigenvalue weighted by molar-refractivity contribution is 9.10. The van der Waals surface area contributed by atoms with Crippen LogP contribution in [-0.4, -0.2) is 55.0 Å². The van der Waals surface area contributed by atoms with Crippen LogP contribution in [0.3, 0.4) is 0 Å². The fourth-order valence-electron chi connectivity index (χ4n) is 4.75. The van der Waals surface area contributed by atoms with Crippen LogP contribution in [0.15, 0.2) is 33.0 Å².